The van der Waals surface area contributed by atoms with E-state index in [1.807, 2.05) is 6.92 Å². The fraction of sp³-hybridized carbons (Fsp3) is 0.308. The number of phenolic OH excluding ortho intramolecular Hbond substituents is 1. The first-order chi connectivity index (χ1) is 8.15. The number of phenols is 1. The molecule has 1 amide bonds. The van der Waals surface area contributed by atoms with Crippen LogP contribution in [0.15, 0.2) is 18.2 Å². The first-order valence-electron chi connectivity index (χ1n) is 5.24. The molecule has 90 valence electrons. The molecule has 1 aromatic rings. The summed E-state index contributed by atoms with van der Waals surface area (Å²) in [6.07, 6.45) is 5.10. The molecule has 0 bridgehead atoms. The van der Waals surface area contributed by atoms with Crippen molar-refractivity contribution >= 4 is 17.7 Å². The van der Waals surface area contributed by atoms with Crippen molar-refractivity contribution in [2.45, 2.75) is 6.92 Å². The van der Waals surface area contributed by atoms with Crippen LogP contribution in [0.1, 0.15) is 15.9 Å². The minimum atomic E-state index is -0.260. The number of aryl methyl sites for hydroxylation is 1. The zero-order valence-corrected chi connectivity index (χ0v) is 10.5. The van der Waals surface area contributed by atoms with E-state index in [4.69, 9.17) is 6.42 Å². The topological polar surface area (TPSA) is 49.3 Å². The molecule has 0 atom stereocenters. The highest BCUT2D eigenvalue weighted by Crippen LogP contribution is 2.17. The van der Waals surface area contributed by atoms with E-state index in [0.717, 1.165) is 11.3 Å². The first-order valence-corrected chi connectivity index (χ1v) is 6.39. The molecule has 0 radical (unpaired) electrons. The normalized spacial score (nSPS) is 9.65. The van der Waals surface area contributed by atoms with Crippen LogP contribution in [0, 0.1) is 19.3 Å². The summed E-state index contributed by atoms with van der Waals surface area (Å²) in [7, 11) is 0. The number of amides is 1. The molecular formula is C13H15NO2S. The molecule has 2 N–H and O–H groups in total. The molecule has 1 aromatic carbocycles. The third kappa shape index (κ3) is 4.41. The molecule has 0 aromatic heterocycles. The number of hydrogen-bond acceptors (Lipinski definition) is 3. The van der Waals surface area contributed by atoms with E-state index in [0.29, 0.717) is 17.9 Å². The van der Waals surface area contributed by atoms with Gasteiger partial charge in [-0.25, -0.2) is 0 Å². The van der Waals surface area contributed by atoms with E-state index in [9.17, 15) is 9.90 Å². The largest absolute Gasteiger partial charge is 0.507 e. The lowest BCUT2D eigenvalue weighted by atomic mass is 10.1. The van der Waals surface area contributed by atoms with Crippen LogP contribution in [0.4, 0.5) is 0 Å². The molecule has 0 heterocycles. The Balaban J connectivity index is 2.45. The third-order valence-corrected chi connectivity index (χ3v) is 2.98. The molecule has 4 heteroatoms. The molecule has 0 aliphatic carbocycles. The van der Waals surface area contributed by atoms with Crippen molar-refractivity contribution in [1.29, 1.82) is 0 Å². The number of carbonyl (C=O) groups is 1. The van der Waals surface area contributed by atoms with Crippen LogP contribution in [0.5, 0.6) is 5.75 Å². The summed E-state index contributed by atoms with van der Waals surface area (Å²) in [5.74, 6) is 3.68. The van der Waals surface area contributed by atoms with Gasteiger partial charge in [-0.05, 0) is 24.6 Å². The zero-order valence-electron chi connectivity index (χ0n) is 9.69. The Hall–Kier alpha value is -1.60. The Bertz CT molecular complexity index is 438. The monoisotopic (exact) mass is 249 g/mol. The summed E-state index contributed by atoms with van der Waals surface area (Å²) in [6.45, 7) is 2.40. The summed E-state index contributed by atoms with van der Waals surface area (Å²) in [5, 5.41) is 12.3. The minimum absolute atomic E-state index is 0.0128. The molecule has 0 aliphatic rings. The van der Waals surface area contributed by atoms with Crippen LogP contribution < -0.4 is 5.32 Å². The number of carbonyl (C=O) groups excluding carboxylic acids is 1. The molecule has 0 fully saturated rings. The first kappa shape index (κ1) is 13.5. The highest BCUT2D eigenvalue weighted by atomic mass is 32.2. The van der Waals surface area contributed by atoms with Gasteiger partial charge in [-0.3, -0.25) is 4.79 Å². The van der Waals surface area contributed by atoms with Gasteiger partial charge in [0.05, 0.1) is 11.3 Å². The van der Waals surface area contributed by atoms with Gasteiger partial charge in [-0.1, -0.05) is 12.0 Å². The van der Waals surface area contributed by atoms with E-state index in [-0.39, 0.29) is 11.7 Å². The lowest BCUT2D eigenvalue weighted by Crippen LogP contribution is -2.25. The van der Waals surface area contributed by atoms with Crippen molar-refractivity contribution in [3.05, 3.63) is 29.3 Å². The van der Waals surface area contributed by atoms with Crippen molar-refractivity contribution in [3.8, 4) is 18.1 Å². The maximum absolute atomic E-state index is 11.7. The van der Waals surface area contributed by atoms with E-state index < -0.39 is 0 Å². The van der Waals surface area contributed by atoms with E-state index >= 15 is 0 Å². The number of thioether (sulfide) groups is 1. The maximum Gasteiger partial charge on any atom is 0.255 e. The van der Waals surface area contributed by atoms with Crippen LogP contribution in [0.2, 0.25) is 0 Å². The lowest BCUT2D eigenvalue weighted by molar-refractivity contribution is 0.0953. The minimum Gasteiger partial charge on any atom is -0.507 e. The number of aromatic hydroxyl groups is 1. The Kier molecular flexibility index (Phi) is 5.44. The van der Waals surface area contributed by atoms with Gasteiger partial charge < -0.3 is 10.4 Å². The Morgan fingerprint density at radius 2 is 2.35 bits per heavy atom. The van der Waals surface area contributed by atoms with Gasteiger partial charge in [0.1, 0.15) is 5.75 Å². The molecule has 0 saturated heterocycles. The second-order valence-electron chi connectivity index (χ2n) is 3.53. The summed E-state index contributed by atoms with van der Waals surface area (Å²) in [6, 6.07) is 4.98. The van der Waals surface area contributed by atoms with E-state index in [2.05, 4.69) is 11.2 Å². The van der Waals surface area contributed by atoms with Gasteiger partial charge in [0, 0.05) is 12.3 Å². The number of rotatable bonds is 5. The zero-order chi connectivity index (χ0) is 12.7. The smallest absolute Gasteiger partial charge is 0.255 e. The number of terminal acetylenes is 1. The van der Waals surface area contributed by atoms with Crippen molar-refractivity contribution < 1.29 is 9.90 Å². The van der Waals surface area contributed by atoms with Crippen LogP contribution in [0.25, 0.3) is 0 Å². The molecule has 0 saturated carbocycles. The van der Waals surface area contributed by atoms with Gasteiger partial charge in [0.2, 0.25) is 0 Å². The van der Waals surface area contributed by atoms with Crippen molar-refractivity contribution in [3.63, 3.8) is 0 Å². The average Bonchev–Trinajstić information content (AvgIpc) is 2.28. The summed E-state index contributed by atoms with van der Waals surface area (Å²) in [4.78, 5) is 11.7. The number of benzene rings is 1. The molecule has 0 spiro atoms. The average molecular weight is 249 g/mol. The molecule has 17 heavy (non-hydrogen) atoms. The summed E-state index contributed by atoms with van der Waals surface area (Å²) < 4.78 is 0. The van der Waals surface area contributed by atoms with Crippen LogP contribution in [-0.4, -0.2) is 29.1 Å². The van der Waals surface area contributed by atoms with E-state index in [1.165, 1.54) is 0 Å². The highest BCUT2D eigenvalue weighted by molar-refractivity contribution is 7.99. The van der Waals surface area contributed by atoms with Crippen LogP contribution in [0.3, 0.4) is 0 Å². The Labute approximate surface area is 106 Å². The van der Waals surface area contributed by atoms with Crippen molar-refractivity contribution in [2.75, 3.05) is 18.1 Å². The SMILES string of the molecule is C#CCSCCNC(=O)c1ccc(C)cc1O. The predicted octanol–water partition coefficient (Wildman–Crippen LogP) is 1.80. The number of hydrogen-bond donors (Lipinski definition) is 2. The maximum atomic E-state index is 11.7. The standard InChI is InChI=1S/C13H15NO2S/c1-3-7-17-8-6-14-13(16)11-5-4-10(2)9-12(11)15/h1,4-5,9,15H,6-8H2,2H3,(H,14,16). The quantitative estimate of drug-likeness (QED) is 0.618. The predicted molar refractivity (Wildman–Crippen MR) is 71.3 cm³/mol. The Morgan fingerprint density at radius 3 is 3.00 bits per heavy atom. The fourth-order valence-electron chi connectivity index (χ4n) is 1.30. The van der Waals surface area contributed by atoms with Gasteiger partial charge >= 0.3 is 0 Å². The van der Waals surface area contributed by atoms with Crippen molar-refractivity contribution in [1.82, 2.24) is 5.32 Å². The third-order valence-electron chi connectivity index (χ3n) is 2.12. The lowest BCUT2D eigenvalue weighted by Gasteiger charge is -2.06. The van der Waals surface area contributed by atoms with Gasteiger partial charge in [-0.15, -0.1) is 18.2 Å². The molecule has 3 nitrogen and oxygen atoms in total. The molecule has 1 rings (SSSR count). The molecule has 0 unspecified atom stereocenters. The summed E-state index contributed by atoms with van der Waals surface area (Å²) >= 11 is 1.58. The molecular weight excluding hydrogens is 234 g/mol. The fourth-order valence-corrected chi connectivity index (χ4v) is 1.81. The molecule has 0 aliphatic heterocycles. The number of nitrogens with one attached hydrogen (secondary N) is 1. The second-order valence-corrected chi connectivity index (χ2v) is 4.64. The van der Waals surface area contributed by atoms with Gasteiger partial charge in [0.25, 0.3) is 5.91 Å². The second kappa shape index (κ2) is 6.87. The van der Waals surface area contributed by atoms with Crippen molar-refractivity contribution in [2.24, 2.45) is 0 Å². The highest BCUT2D eigenvalue weighted by Gasteiger charge is 2.09. The van der Waals surface area contributed by atoms with Gasteiger partial charge in [-0.2, -0.15) is 0 Å². The summed E-state index contributed by atoms with van der Waals surface area (Å²) in [5.41, 5.74) is 1.22. The van der Waals surface area contributed by atoms with Crippen LogP contribution in [-0.2, 0) is 0 Å². The van der Waals surface area contributed by atoms with Gasteiger partial charge in [0.15, 0.2) is 0 Å². The van der Waals surface area contributed by atoms with E-state index in [1.54, 1.807) is 30.0 Å². The van der Waals surface area contributed by atoms with Crippen LogP contribution >= 0.6 is 11.8 Å². The Morgan fingerprint density at radius 1 is 1.59 bits per heavy atom.